The summed E-state index contributed by atoms with van der Waals surface area (Å²) in [4.78, 5) is 7.12. The molecule has 1 heterocycles. The Bertz CT molecular complexity index is 411. The highest BCUT2D eigenvalue weighted by Crippen LogP contribution is 2.27. The monoisotopic (exact) mass is 275 g/mol. The number of pyridine rings is 1. The maximum Gasteiger partial charge on any atom is 0.131 e. The van der Waals surface area contributed by atoms with E-state index in [-0.39, 0.29) is 0 Å². The van der Waals surface area contributed by atoms with Crippen LogP contribution < -0.4 is 10.2 Å². The molecule has 1 aromatic rings. The van der Waals surface area contributed by atoms with Crippen molar-refractivity contribution in [3.05, 3.63) is 23.4 Å². The lowest BCUT2D eigenvalue weighted by Gasteiger charge is -2.33. The Morgan fingerprint density at radius 3 is 2.70 bits per heavy atom. The van der Waals surface area contributed by atoms with Crippen molar-refractivity contribution >= 4 is 5.82 Å². The third kappa shape index (κ3) is 3.95. The van der Waals surface area contributed by atoms with E-state index in [1.807, 2.05) is 6.20 Å². The second kappa shape index (κ2) is 7.63. The molecule has 20 heavy (non-hydrogen) atoms. The van der Waals surface area contributed by atoms with E-state index in [9.17, 15) is 0 Å². The topological polar surface area (TPSA) is 28.2 Å². The number of hydrogen-bond donors (Lipinski definition) is 1. The van der Waals surface area contributed by atoms with Crippen LogP contribution in [0.3, 0.4) is 0 Å². The van der Waals surface area contributed by atoms with Gasteiger partial charge in [0.25, 0.3) is 0 Å². The molecule has 0 atom stereocenters. The van der Waals surface area contributed by atoms with Gasteiger partial charge in [0.1, 0.15) is 5.82 Å². The van der Waals surface area contributed by atoms with Gasteiger partial charge in [0, 0.05) is 25.8 Å². The van der Waals surface area contributed by atoms with Crippen molar-refractivity contribution in [1.82, 2.24) is 10.3 Å². The maximum atomic E-state index is 4.72. The zero-order valence-corrected chi connectivity index (χ0v) is 13.3. The van der Waals surface area contributed by atoms with E-state index in [0.29, 0.717) is 6.04 Å². The lowest BCUT2D eigenvalue weighted by Crippen LogP contribution is -2.34. The lowest BCUT2D eigenvalue weighted by molar-refractivity contribution is 0.425. The highest BCUT2D eigenvalue weighted by Gasteiger charge is 2.20. The molecule has 0 aliphatic heterocycles. The van der Waals surface area contributed by atoms with Gasteiger partial charge in [-0.3, -0.25) is 0 Å². The molecule has 1 N–H and O–H groups in total. The van der Waals surface area contributed by atoms with E-state index in [1.165, 1.54) is 49.7 Å². The number of nitrogens with one attached hydrogen (secondary N) is 1. The summed E-state index contributed by atoms with van der Waals surface area (Å²) in [6.07, 6.45) is 9.98. The van der Waals surface area contributed by atoms with Crippen LogP contribution in [0.2, 0.25) is 0 Å². The van der Waals surface area contributed by atoms with Crippen molar-refractivity contribution in [2.45, 2.75) is 65.0 Å². The van der Waals surface area contributed by atoms with Crippen molar-refractivity contribution in [2.24, 2.45) is 0 Å². The van der Waals surface area contributed by atoms with Crippen LogP contribution in [-0.4, -0.2) is 24.6 Å². The third-order valence-corrected chi connectivity index (χ3v) is 4.32. The molecule has 3 heteroatoms. The van der Waals surface area contributed by atoms with Gasteiger partial charge in [0.15, 0.2) is 0 Å². The number of hydrogen-bond acceptors (Lipinski definition) is 3. The van der Waals surface area contributed by atoms with Gasteiger partial charge >= 0.3 is 0 Å². The average molecular weight is 275 g/mol. The van der Waals surface area contributed by atoms with Crippen molar-refractivity contribution < 1.29 is 0 Å². The van der Waals surface area contributed by atoms with Crippen LogP contribution in [0.15, 0.2) is 12.3 Å². The molecule has 1 aromatic heterocycles. The summed E-state index contributed by atoms with van der Waals surface area (Å²) in [6, 6.07) is 2.96. The maximum absolute atomic E-state index is 4.72. The summed E-state index contributed by atoms with van der Waals surface area (Å²) in [6.45, 7) is 6.38. The fourth-order valence-electron chi connectivity index (χ4n) is 3.14. The molecular weight excluding hydrogens is 246 g/mol. The minimum absolute atomic E-state index is 0.680. The second-order valence-corrected chi connectivity index (χ2v) is 6.06. The lowest BCUT2D eigenvalue weighted by atomic mass is 9.94. The molecule has 0 spiro atoms. The summed E-state index contributed by atoms with van der Waals surface area (Å²) in [5.41, 5.74) is 2.59. The Labute approximate surface area is 123 Å². The average Bonchev–Trinajstić information content (AvgIpc) is 2.48. The first-order valence-electron chi connectivity index (χ1n) is 8.11. The van der Waals surface area contributed by atoms with E-state index in [1.54, 1.807) is 0 Å². The van der Waals surface area contributed by atoms with Gasteiger partial charge in [-0.2, -0.15) is 0 Å². The Morgan fingerprint density at radius 1 is 1.30 bits per heavy atom. The largest absolute Gasteiger partial charge is 0.356 e. The van der Waals surface area contributed by atoms with Crippen LogP contribution in [0, 0.1) is 6.92 Å². The predicted octanol–water partition coefficient (Wildman–Crippen LogP) is 3.66. The molecule has 112 valence electrons. The van der Waals surface area contributed by atoms with Crippen LogP contribution >= 0.6 is 0 Å². The minimum Gasteiger partial charge on any atom is -0.356 e. The molecule has 1 aliphatic rings. The fourth-order valence-corrected chi connectivity index (χ4v) is 3.14. The first kappa shape index (κ1) is 15.3. The standard InChI is InChI=1S/C17H29N3/c1-4-10-18-12-15-11-14(2)17(19-13-15)20(3)16-8-6-5-7-9-16/h11,13,16,18H,4-10,12H2,1-3H3. The molecule has 0 amide bonds. The van der Waals surface area contributed by atoms with E-state index in [0.717, 1.165) is 18.9 Å². The molecular formula is C17H29N3. The van der Waals surface area contributed by atoms with E-state index < -0.39 is 0 Å². The SMILES string of the molecule is CCCNCc1cnc(N(C)C2CCCCC2)c(C)c1. The van der Waals surface area contributed by atoms with E-state index >= 15 is 0 Å². The van der Waals surface area contributed by atoms with Gasteiger partial charge in [-0.1, -0.05) is 26.2 Å². The summed E-state index contributed by atoms with van der Waals surface area (Å²) in [7, 11) is 2.21. The van der Waals surface area contributed by atoms with Gasteiger partial charge < -0.3 is 10.2 Å². The zero-order valence-electron chi connectivity index (χ0n) is 13.3. The van der Waals surface area contributed by atoms with Gasteiger partial charge in [-0.15, -0.1) is 0 Å². The normalized spacial score (nSPS) is 16.4. The van der Waals surface area contributed by atoms with Crippen molar-refractivity contribution in [1.29, 1.82) is 0 Å². The molecule has 0 aromatic carbocycles. The smallest absolute Gasteiger partial charge is 0.131 e. The van der Waals surface area contributed by atoms with Gasteiger partial charge in [-0.25, -0.2) is 4.98 Å². The molecule has 1 fully saturated rings. The molecule has 0 saturated heterocycles. The van der Waals surface area contributed by atoms with Crippen molar-refractivity contribution in [2.75, 3.05) is 18.5 Å². The first-order chi connectivity index (χ1) is 9.72. The van der Waals surface area contributed by atoms with E-state index in [4.69, 9.17) is 4.98 Å². The van der Waals surface area contributed by atoms with Crippen molar-refractivity contribution in [3.8, 4) is 0 Å². The van der Waals surface area contributed by atoms with Gasteiger partial charge in [0.2, 0.25) is 0 Å². The minimum atomic E-state index is 0.680. The number of aryl methyl sites for hydroxylation is 1. The zero-order chi connectivity index (χ0) is 14.4. The summed E-state index contributed by atoms with van der Waals surface area (Å²) < 4.78 is 0. The fraction of sp³-hybridized carbons (Fsp3) is 0.706. The number of nitrogens with zero attached hydrogens (tertiary/aromatic N) is 2. The molecule has 0 bridgehead atoms. The number of aromatic nitrogens is 1. The van der Waals surface area contributed by atoms with Crippen molar-refractivity contribution in [3.63, 3.8) is 0 Å². The molecule has 2 rings (SSSR count). The van der Waals surface area contributed by atoms with Crippen LogP contribution in [0.25, 0.3) is 0 Å². The van der Waals surface area contributed by atoms with Gasteiger partial charge in [-0.05, 0) is 49.9 Å². The van der Waals surface area contributed by atoms with Crippen LogP contribution in [0.5, 0.6) is 0 Å². The molecule has 1 saturated carbocycles. The Hall–Kier alpha value is -1.09. The molecule has 0 radical (unpaired) electrons. The summed E-state index contributed by atoms with van der Waals surface area (Å²) >= 11 is 0. The molecule has 0 unspecified atom stereocenters. The molecule has 3 nitrogen and oxygen atoms in total. The summed E-state index contributed by atoms with van der Waals surface area (Å²) in [5.74, 6) is 1.16. The van der Waals surface area contributed by atoms with Crippen LogP contribution in [0.4, 0.5) is 5.82 Å². The Morgan fingerprint density at radius 2 is 2.05 bits per heavy atom. The van der Waals surface area contributed by atoms with E-state index in [2.05, 4.69) is 37.2 Å². The highest BCUT2D eigenvalue weighted by molar-refractivity contribution is 5.47. The molecule has 1 aliphatic carbocycles. The summed E-state index contributed by atoms with van der Waals surface area (Å²) in [5, 5.41) is 3.44. The first-order valence-corrected chi connectivity index (χ1v) is 8.11. The quantitative estimate of drug-likeness (QED) is 0.803. The number of anilines is 1. The van der Waals surface area contributed by atoms with Gasteiger partial charge in [0.05, 0.1) is 0 Å². The highest BCUT2D eigenvalue weighted by atomic mass is 15.2. The Kier molecular flexibility index (Phi) is 5.84. The third-order valence-electron chi connectivity index (χ3n) is 4.32. The second-order valence-electron chi connectivity index (χ2n) is 6.06. The number of rotatable bonds is 6. The predicted molar refractivity (Wildman–Crippen MR) is 86.2 cm³/mol. The Balaban J connectivity index is 2.00. The van der Waals surface area contributed by atoms with Crippen LogP contribution in [-0.2, 0) is 6.54 Å². The van der Waals surface area contributed by atoms with Crippen LogP contribution in [0.1, 0.15) is 56.6 Å².